The van der Waals surface area contributed by atoms with E-state index in [0.717, 1.165) is 12.3 Å². The van der Waals surface area contributed by atoms with Crippen LogP contribution in [0.25, 0.3) is 0 Å². The molecule has 28 valence electrons. The second-order valence-electron chi connectivity index (χ2n) is 0.485. The van der Waals surface area contributed by atoms with Gasteiger partial charge in [-0.15, -0.1) is 0 Å². The molecule has 0 aliphatic carbocycles. The van der Waals surface area contributed by atoms with Crippen molar-refractivity contribution in [2.24, 2.45) is 0 Å². The standard InChI is InChI=1S/C3H4FN/c4-2-1-3-5/h1-3,5H/b2-1-,5-3?. The van der Waals surface area contributed by atoms with Crippen LogP contribution in [0.5, 0.6) is 0 Å². The monoisotopic (exact) mass is 73.0 g/mol. The van der Waals surface area contributed by atoms with Gasteiger partial charge in [0, 0.05) is 6.21 Å². The van der Waals surface area contributed by atoms with Gasteiger partial charge in [0.05, 0.1) is 6.33 Å². The maximum Gasteiger partial charge on any atom is 0.0881 e. The molecular weight excluding hydrogens is 69.0 g/mol. The van der Waals surface area contributed by atoms with Gasteiger partial charge in [-0.2, -0.15) is 0 Å². The molecule has 0 heterocycles. The van der Waals surface area contributed by atoms with Gasteiger partial charge in [0.25, 0.3) is 0 Å². The van der Waals surface area contributed by atoms with Gasteiger partial charge < -0.3 is 5.41 Å². The molecule has 0 aliphatic rings. The lowest BCUT2D eigenvalue weighted by Gasteiger charge is -1.51. The molecule has 1 nitrogen and oxygen atoms in total. The summed E-state index contributed by atoms with van der Waals surface area (Å²) < 4.78 is 10.7. The number of halogens is 1. The number of hydrogen-bond donors (Lipinski definition) is 1. The summed E-state index contributed by atoms with van der Waals surface area (Å²) in [5.74, 6) is 0. The highest BCUT2D eigenvalue weighted by molar-refractivity contribution is 5.66. The normalized spacial score (nSPS) is 9.00. The molecule has 0 rings (SSSR count). The van der Waals surface area contributed by atoms with Crippen molar-refractivity contribution in [1.82, 2.24) is 0 Å². The highest BCUT2D eigenvalue weighted by Gasteiger charge is 1.47. The van der Waals surface area contributed by atoms with Crippen molar-refractivity contribution in [2.75, 3.05) is 0 Å². The summed E-state index contributed by atoms with van der Waals surface area (Å²) in [5, 5.41) is 6.15. The molecule has 2 heteroatoms. The first-order chi connectivity index (χ1) is 2.41. The summed E-state index contributed by atoms with van der Waals surface area (Å²) in [4.78, 5) is 0. The third-order valence-electron chi connectivity index (χ3n) is 0.169. The van der Waals surface area contributed by atoms with Gasteiger partial charge in [-0.25, -0.2) is 4.39 Å². The topological polar surface area (TPSA) is 23.9 Å². The van der Waals surface area contributed by atoms with Crippen LogP contribution in [0.4, 0.5) is 4.39 Å². The van der Waals surface area contributed by atoms with Gasteiger partial charge in [0.2, 0.25) is 0 Å². The Labute approximate surface area is 29.6 Å². The van der Waals surface area contributed by atoms with Crippen LogP contribution in [0.15, 0.2) is 12.4 Å². The van der Waals surface area contributed by atoms with Gasteiger partial charge in [-0.1, -0.05) is 0 Å². The van der Waals surface area contributed by atoms with Crippen LogP contribution in [0.1, 0.15) is 0 Å². The van der Waals surface area contributed by atoms with E-state index in [1.165, 1.54) is 0 Å². The molecule has 0 unspecified atom stereocenters. The van der Waals surface area contributed by atoms with Crippen molar-refractivity contribution in [3.05, 3.63) is 12.4 Å². The first kappa shape index (κ1) is 4.34. The molecule has 0 aromatic rings. The van der Waals surface area contributed by atoms with Crippen LogP contribution in [-0.2, 0) is 0 Å². The third-order valence-corrected chi connectivity index (χ3v) is 0.169. The highest BCUT2D eigenvalue weighted by Crippen LogP contribution is 1.61. The van der Waals surface area contributed by atoms with E-state index in [4.69, 9.17) is 5.41 Å². The van der Waals surface area contributed by atoms with Crippen molar-refractivity contribution >= 4 is 6.21 Å². The Hall–Kier alpha value is -0.660. The number of allylic oxidation sites excluding steroid dienone is 1. The fourth-order valence-corrected chi connectivity index (χ4v) is 0.0364. The van der Waals surface area contributed by atoms with E-state index in [1.807, 2.05) is 0 Å². The Balaban J connectivity index is 2.92. The molecule has 0 bridgehead atoms. The average molecular weight is 73.1 g/mol. The van der Waals surface area contributed by atoms with Crippen LogP contribution in [0, 0.1) is 5.41 Å². The maximum absolute atomic E-state index is 10.7. The van der Waals surface area contributed by atoms with E-state index < -0.39 is 0 Å². The second kappa shape index (κ2) is 3.34. The summed E-state index contributed by atoms with van der Waals surface area (Å²) in [6.45, 7) is 0. The first-order valence-electron chi connectivity index (χ1n) is 1.17. The van der Waals surface area contributed by atoms with Crippen LogP contribution in [0.3, 0.4) is 0 Å². The predicted octanol–water partition coefficient (Wildman–Crippen LogP) is 1.12. The number of hydrogen-bond acceptors (Lipinski definition) is 1. The lowest BCUT2D eigenvalue weighted by atomic mass is 10.7. The fraction of sp³-hybridized carbons (Fsp3) is 0. The average Bonchev–Trinajstić information content (AvgIpc) is 1.41. The summed E-state index contributed by atoms with van der Waals surface area (Å²) in [6, 6.07) is 0. The van der Waals surface area contributed by atoms with Crippen LogP contribution in [0.2, 0.25) is 0 Å². The summed E-state index contributed by atoms with van der Waals surface area (Å²) in [6.07, 6.45) is 2.19. The zero-order chi connectivity index (χ0) is 4.12. The van der Waals surface area contributed by atoms with Gasteiger partial charge in [-0.3, -0.25) is 0 Å². The third kappa shape index (κ3) is 3.34. The minimum Gasteiger partial charge on any atom is -0.309 e. The van der Waals surface area contributed by atoms with Crippen molar-refractivity contribution < 1.29 is 4.39 Å². The molecular formula is C3H4FN. The Morgan fingerprint density at radius 3 is 2.20 bits per heavy atom. The van der Waals surface area contributed by atoms with Crippen molar-refractivity contribution in [1.29, 1.82) is 5.41 Å². The molecule has 0 saturated heterocycles. The quantitative estimate of drug-likeness (QED) is 0.450. The summed E-state index contributed by atoms with van der Waals surface area (Å²) >= 11 is 0. The van der Waals surface area contributed by atoms with Gasteiger partial charge in [-0.05, 0) is 6.08 Å². The van der Waals surface area contributed by atoms with E-state index in [-0.39, 0.29) is 0 Å². The van der Waals surface area contributed by atoms with E-state index in [2.05, 4.69) is 0 Å². The second-order valence-corrected chi connectivity index (χ2v) is 0.485. The van der Waals surface area contributed by atoms with E-state index in [1.54, 1.807) is 0 Å². The van der Waals surface area contributed by atoms with Crippen LogP contribution >= 0.6 is 0 Å². The molecule has 0 saturated carbocycles. The van der Waals surface area contributed by atoms with Crippen LogP contribution in [-0.4, -0.2) is 6.21 Å². The number of rotatable bonds is 1. The summed E-state index contributed by atoms with van der Waals surface area (Å²) in [7, 11) is 0. The molecule has 0 aromatic heterocycles. The minimum atomic E-state index is 0.312. The highest BCUT2D eigenvalue weighted by atomic mass is 19.1. The first-order valence-corrected chi connectivity index (χ1v) is 1.17. The van der Waals surface area contributed by atoms with Gasteiger partial charge >= 0.3 is 0 Å². The molecule has 5 heavy (non-hydrogen) atoms. The van der Waals surface area contributed by atoms with Crippen molar-refractivity contribution in [3.8, 4) is 0 Å². The molecule has 0 fully saturated rings. The van der Waals surface area contributed by atoms with Gasteiger partial charge in [0.15, 0.2) is 0 Å². The van der Waals surface area contributed by atoms with Gasteiger partial charge in [0.1, 0.15) is 0 Å². The fourth-order valence-electron chi connectivity index (χ4n) is 0.0364. The van der Waals surface area contributed by atoms with Crippen molar-refractivity contribution in [3.63, 3.8) is 0 Å². The minimum absolute atomic E-state index is 0.312. The molecule has 1 N–H and O–H groups in total. The summed E-state index contributed by atoms with van der Waals surface area (Å²) in [5.41, 5.74) is 0. The zero-order valence-electron chi connectivity index (χ0n) is 2.61. The van der Waals surface area contributed by atoms with Crippen LogP contribution < -0.4 is 0 Å². The van der Waals surface area contributed by atoms with Crippen molar-refractivity contribution in [2.45, 2.75) is 0 Å². The Morgan fingerprint density at radius 2 is 2.20 bits per heavy atom. The molecule has 0 aliphatic heterocycles. The number of nitrogens with one attached hydrogen (secondary N) is 1. The van der Waals surface area contributed by atoms with E-state index >= 15 is 0 Å². The SMILES string of the molecule is N=C/C=C\F. The Morgan fingerprint density at radius 1 is 1.60 bits per heavy atom. The zero-order valence-corrected chi connectivity index (χ0v) is 2.61. The largest absolute Gasteiger partial charge is 0.309 e. The van der Waals surface area contributed by atoms with E-state index in [9.17, 15) is 4.39 Å². The molecule has 0 radical (unpaired) electrons. The molecule has 0 amide bonds. The Kier molecular flexibility index (Phi) is 2.90. The molecule has 0 spiro atoms. The predicted molar refractivity (Wildman–Crippen MR) is 19.0 cm³/mol. The lowest BCUT2D eigenvalue weighted by molar-refractivity contribution is 0.723. The Bertz CT molecular complexity index is 48.9. The maximum atomic E-state index is 10.7. The smallest absolute Gasteiger partial charge is 0.0881 e. The molecule has 0 aromatic carbocycles. The molecule has 0 atom stereocenters. The van der Waals surface area contributed by atoms with E-state index in [0.29, 0.717) is 6.33 Å². The lowest BCUT2D eigenvalue weighted by Crippen LogP contribution is -1.46.